The third kappa shape index (κ3) is 4.49. The highest BCUT2D eigenvalue weighted by Gasteiger charge is 2.33. The number of hydrogen-bond donors (Lipinski definition) is 1. The standard InChI is InChI=1S/C26H31N3O4S/c30-25-9-4-16-29(25)21-10-12-22(13-11-21)34(32,33)28-17-14-20(15-18-28)26(31)27-24-8-3-6-19-5-1-2-7-23(19)24/h1-2,5,7,10-13,20,24H,3-4,6,8-9,14-18H2,(H,27,31)/t24-/m0/s1. The molecule has 1 aliphatic carbocycles. The van der Waals surface area contributed by atoms with Crippen LogP contribution in [0.1, 0.15) is 55.7 Å². The Labute approximate surface area is 201 Å². The monoisotopic (exact) mass is 481 g/mol. The molecule has 3 aliphatic rings. The predicted octanol–water partition coefficient (Wildman–Crippen LogP) is 3.41. The molecule has 0 spiro atoms. The van der Waals surface area contributed by atoms with Crippen LogP contribution in [-0.4, -0.2) is 44.2 Å². The van der Waals surface area contributed by atoms with E-state index in [1.807, 2.05) is 12.1 Å². The molecule has 1 atom stereocenters. The second-order valence-corrected chi connectivity index (χ2v) is 11.4. The third-order valence-electron chi connectivity index (χ3n) is 7.37. The van der Waals surface area contributed by atoms with Crippen LogP contribution in [0, 0.1) is 5.92 Å². The zero-order chi connectivity index (χ0) is 23.7. The van der Waals surface area contributed by atoms with Crippen molar-refractivity contribution in [1.29, 1.82) is 0 Å². The quantitative estimate of drug-likeness (QED) is 0.709. The molecule has 0 bridgehead atoms. The van der Waals surface area contributed by atoms with Crippen LogP contribution in [0.5, 0.6) is 0 Å². The first kappa shape index (κ1) is 23.1. The highest BCUT2D eigenvalue weighted by molar-refractivity contribution is 7.89. The lowest BCUT2D eigenvalue weighted by molar-refractivity contribution is -0.127. The second kappa shape index (κ2) is 9.50. The molecule has 2 amide bonds. The lowest BCUT2D eigenvalue weighted by Gasteiger charge is -2.32. The second-order valence-electron chi connectivity index (χ2n) is 9.47. The average molecular weight is 482 g/mol. The summed E-state index contributed by atoms with van der Waals surface area (Å²) in [6, 6.07) is 14.9. The molecule has 0 saturated carbocycles. The van der Waals surface area contributed by atoms with Crippen LogP contribution in [0.2, 0.25) is 0 Å². The summed E-state index contributed by atoms with van der Waals surface area (Å²) >= 11 is 0. The maximum atomic E-state index is 13.2. The summed E-state index contributed by atoms with van der Waals surface area (Å²) in [5.74, 6) is -0.0739. The van der Waals surface area contributed by atoms with Crippen molar-refractivity contribution < 1.29 is 18.0 Å². The summed E-state index contributed by atoms with van der Waals surface area (Å²) in [6.45, 7) is 1.33. The smallest absolute Gasteiger partial charge is 0.243 e. The molecule has 0 radical (unpaired) electrons. The summed E-state index contributed by atoms with van der Waals surface area (Å²) < 4.78 is 27.8. The fraction of sp³-hybridized carbons (Fsp3) is 0.462. The lowest BCUT2D eigenvalue weighted by Crippen LogP contribution is -2.44. The topological polar surface area (TPSA) is 86.8 Å². The van der Waals surface area contributed by atoms with Gasteiger partial charge in [0.1, 0.15) is 0 Å². The minimum Gasteiger partial charge on any atom is -0.349 e. The molecule has 2 aliphatic heterocycles. The molecule has 1 N–H and O–H groups in total. The van der Waals surface area contributed by atoms with E-state index in [1.165, 1.54) is 15.4 Å². The summed E-state index contributed by atoms with van der Waals surface area (Å²) in [4.78, 5) is 26.9. The molecule has 2 aromatic carbocycles. The Hall–Kier alpha value is -2.71. The van der Waals surface area contributed by atoms with Crippen LogP contribution in [0.4, 0.5) is 5.69 Å². The summed E-state index contributed by atoms with van der Waals surface area (Å²) in [5, 5.41) is 3.23. The van der Waals surface area contributed by atoms with E-state index >= 15 is 0 Å². The van der Waals surface area contributed by atoms with Gasteiger partial charge in [-0.1, -0.05) is 24.3 Å². The van der Waals surface area contributed by atoms with Gasteiger partial charge in [-0.05, 0) is 73.9 Å². The Bertz CT molecular complexity index is 1170. The summed E-state index contributed by atoms with van der Waals surface area (Å²) in [6.07, 6.45) is 5.44. The summed E-state index contributed by atoms with van der Waals surface area (Å²) in [7, 11) is -3.63. The van der Waals surface area contributed by atoms with Crippen molar-refractivity contribution in [2.75, 3.05) is 24.5 Å². The van der Waals surface area contributed by atoms with Crippen molar-refractivity contribution >= 4 is 27.5 Å². The van der Waals surface area contributed by atoms with E-state index in [9.17, 15) is 18.0 Å². The van der Waals surface area contributed by atoms with E-state index in [1.54, 1.807) is 29.2 Å². The number of fused-ring (bicyclic) bond motifs is 1. The van der Waals surface area contributed by atoms with Crippen molar-refractivity contribution in [2.24, 2.45) is 5.92 Å². The molecule has 0 unspecified atom stereocenters. The number of hydrogen-bond acceptors (Lipinski definition) is 4. The van der Waals surface area contributed by atoms with Gasteiger partial charge in [0, 0.05) is 37.7 Å². The van der Waals surface area contributed by atoms with Crippen molar-refractivity contribution in [1.82, 2.24) is 9.62 Å². The number of nitrogens with zero attached hydrogens (tertiary/aromatic N) is 2. The van der Waals surface area contributed by atoms with E-state index in [4.69, 9.17) is 0 Å². The van der Waals surface area contributed by atoms with E-state index in [2.05, 4.69) is 17.4 Å². The number of anilines is 1. The minimum atomic E-state index is -3.63. The molecule has 7 nitrogen and oxygen atoms in total. The molecule has 0 aromatic heterocycles. The van der Waals surface area contributed by atoms with Gasteiger partial charge in [0.2, 0.25) is 21.8 Å². The first-order valence-electron chi connectivity index (χ1n) is 12.2. The minimum absolute atomic E-state index is 0.0263. The van der Waals surface area contributed by atoms with Gasteiger partial charge in [-0.3, -0.25) is 9.59 Å². The van der Waals surface area contributed by atoms with Gasteiger partial charge in [0.05, 0.1) is 10.9 Å². The van der Waals surface area contributed by atoms with Crippen molar-refractivity contribution in [3.8, 4) is 0 Å². The van der Waals surface area contributed by atoms with Gasteiger partial charge in [0.15, 0.2) is 0 Å². The van der Waals surface area contributed by atoms with Crippen molar-refractivity contribution in [3.05, 3.63) is 59.7 Å². The molecule has 2 fully saturated rings. The molecule has 8 heteroatoms. The number of aryl methyl sites for hydroxylation is 1. The molecular formula is C26H31N3O4S. The highest BCUT2D eigenvalue weighted by Crippen LogP contribution is 2.31. The largest absolute Gasteiger partial charge is 0.349 e. The molecule has 2 saturated heterocycles. The van der Waals surface area contributed by atoms with Gasteiger partial charge >= 0.3 is 0 Å². The van der Waals surface area contributed by atoms with Crippen LogP contribution >= 0.6 is 0 Å². The molecule has 34 heavy (non-hydrogen) atoms. The average Bonchev–Trinajstić information content (AvgIpc) is 3.30. The Balaban J connectivity index is 1.19. The van der Waals surface area contributed by atoms with Crippen LogP contribution in [0.25, 0.3) is 0 Å². The van der Waals surface area contributed by atoms with Crippen molar-refractivity contribution in [3.63, 3.8) is 0 Å². The van der Waals surface area contributed by atoms with E-state index in [0.29, 0.717) is 38.9 Å². The Morgan fingerprint density at radius 2 is 1.62 bits per heavy atom. The van der Waals surface area contributed by atoms with E-state index in [-0.39, 0.29) is 28.7 Å². The normalized spacial score (nSPS) is 21.9. The van der Waals surface area contributed by atoms with Crippen LogP contribution in [0.15, 0.2) is 53.4 Å². The van der Waals surface area contributed by atoms with Crippen LogP contribution in [0.3, 0.4) is 0 Å². The molecule has 2 aromatic rings. The number of benzene rings is 2. The zero-order valence-electron chi connectivity index (χ0n) is 19.3. The number of carbonyl (C=O) groups excluding carboxylic acids is 2. The first-order valence-corrected chi connectivity index (χ1v) is 13.7. The lowest BCUT2D eigenvalue weighted by atomic mass is 9.87. The number of piperidine rings is 1. The van der Waals surface area contributed by atoms with Gasteiger partial charge in [-0.2, -0.15) is 4.31 Å². The van der Waals surface area contributed by atoms with Gasteiger partial charge < -0.3 is 10.2 Å². The highest BCUT2D eigenvalue weighted by atomic mass is 32.2. The maximum Gasteiger partial charge on any atom is 0.243 e. The van der Waals surface area contributed by atoms with Gasteiger partial charge in [0.25, 0.3) is 0 Å². The van der Waals surface area contributed by atoms with E-state index in [0.717, 1.165) is 31.4 Å². The first-order chi connectivity index (χ1) is 16.4. The maximum absolute atomic E-state index is 13.2. The van der Waals surface area contributed by atoms with Crippen molar-refractivity contribution in [2.45, 2.75) is 55.9 Å². The number of carbonyl (C=O) groups is 2. The number of amides is 2. The van der Waals surface area contributed by atoms with Crippen LogP contribution in [-0.2, 0) is 26.0 Å². The zero-order valence-corrected chi connectivity index (χ0v) is 20.1. The fourth-order valence-corrected chi connectivity index (χ4v) is 6.89. The Kier molecular flexibility index (Phi) is 6.44. The molecular weight excluding hydrogens is 450 g/mol. The van der Waals surface area contributed by atoms with Gasteiger partial charge in [-0.25, -0.2) is 8.42 Å². The summed E-state index contributed by atoms with van der Waals surface area (Å²) in [5.41, 5.74) is 3.25. The number of sulfonamides is 1. The Morgan fingerprint density at radius 3 is 2.32 bits per heavy atom. The number of nitrogens with one attached hydrogen (secondary N) is 1. The predicted molar refractivity (Wildman–Crippen MR) is 130 cm³/mol. The van der Waals surface area contributed by atoms with E-state index < -0.39 is 10.0 Å². The van der Waals surface area contributed by atoms with Crippen LogP contribution < -0.4 is 10.2 Å². The fourth-order valence-electron chi connectivity index (χ4n) is 5.42. The SMILES string of the molecule is O=C(N[C@H]1CCCc2ccccc21)C1CCN(S(=O)(=O)c2ccc(N3CCCC3=O)cc2)CC1. The third-order valence-corrected chi connectivity index (χ3v) is 9.28. The van der Waals surface area contributed by atoms with Gasteiger partial charge in [-0.15, -0.1) is 0 Å². The Morgan fingerprint density at radius 1 is 0.882 bits per heavy atom. The number of rotatable bonds is 5. The molecule has 180 valence electrons. The molecule has 5 rings (SSSR count). The molecule has 2 heterocycles.